The SMILES string of the molecule is COC(=O)c1ccc(C(=Cc2ccc3cc(C)ccc3[n+]2C)C=C2Sc3ccccc3N2C)cc1. The Kier molecular flexibility index (Phi) is 6.18. The molecule has 0 amide bonds. The molecule has 0 unspecified atom stereocenters. The molecule has 0 atom stereocenters. The van der Waals surface area contributed by atoms with Gasteiger partial charge in [0.2, 0.25) is 11.2 Å². The van der Waals surface area contributed by atoms with E-state index in [1.807, 2.05) is 24.3 Å². The summed E-state index contributed by atoms with van der Waals surface area (Å²) in [6, 6.07) is 26.9. The number of pyridine rings is 1. The average molecular weight is 480 g/mol. The first kappa shape index (κ1) is 22.9. The van der Waals surface area contributed by atoms with Crippen LogP contribution in [0, 0.1) is 6.92 Å². The molecule has 2 heterocycles. The molecule has 4 nitrogen and oxygen atoms in total. The minimum absolute atomic E-state index is 0.335. The first-order valence-electron chi connectivity index (χ1n) is 11.5. The molecule has 174 valence electrons. The Morgan fingerprint density at radius 3 is 2.46 bits per heavy atom. The predicted molar refractivity (Wildman–Crippen MR) is 144 cm³/mol. The third-order valence-corrected chi connectivity index (χ3v) is 7.52. The molecule has 1 aliphatic heterocycles. The highest BCUT2D eigenvalue weighted by atomic mass is 32.2. The highest BCUT2D eigenvalue weighted by molar-refractivity contribution is 8.03. The van der Waals surface area contributed by atoms with Gasteiger partial charge in [-0.3, -0.25) is 0 Å². The van der Waals surface area contributed by atoms with Crippen molar-refractivity contribution in [1.29, 1.82) is 0 Å². The van der Waals surface area contributed by atoms with Gasteiger partial charge in [-0.2, -0.15) is 4.57 Å². The van der Waals surface area contributed by atoms with Gasteiger partial charge in [0.25, 0.3) is 0 Å². The first-order chi connectivity index (χ1) is 16.9. The zero-order valence-corrected chi connectivity index (χ0v) is 21.1. The Labute approximate surface area is 210 Å². The minimum atomic E-state index is -0.335. The molecule has 4 aromatic rings. The first-order valence-corrected chi connectivity index (χ1v) is 12.3. The van der Waals surface area contributed by atoms with Crippen molar-refractivity contribution in [1.82, 2.24) is 0 Å². The molecule has 5 rings (SSSR count). The van der Waals surface area contributed by atoms with Gasteiger partial charge in [-0.1, -0.05) is 47.7 Å². The zero-order valence-electron chi connectivity index (χ0n) is 20.3. The van der Waals surface area contributed by atoms with Crippen LogP contribution in [0.4, 0.5) is 5.69 Å². The number of hydrogen-bond acceptors (Lipinski definition) is 4. The number of thioether (sulfide) groups is 1. The lowest BCUT2D eigenvalue weighted by atomic mass is 10.0. The average Bonchev–Trinajstić information content (AvgIpc) is 3.20. The summed E-state index contributed by atoms with van der Waals surface area (Å²) in [6.07, 6.45) is 4.42. The Bertz CT molecular complexity index is 1500. The molecule has 0 saturated heterocycles. The summed E-state index contributed by atoms with van der Waals surface area (Å²) in [7, 11) is 5.60. The van der Waals surface area contributed by atoms with Crippen molar-refractivity contribution in [2.45, 2.75) is 11.8 Å². The standard InChI is InChI=1S/C30H27N2O2S/c1-20-9-16-26-23(17-20)14-15-25(31(26)2)18-24(21-10-12-22(13-11-21)30(33)34-4)19-29-32(3)27-7-5-6-8-28(27)35-29/h5-19H,1-4H3/q+1. The number of aryl methyl sites for hydroxylation is 2. The van der Waals surface area contributed by atoms with E-state index in [0.717, 1.165) is 21.9 Å². The van der Waals surface area contributed by atoms with E-state index in [-0.39, 0.29) is 5.97 Å². The van der Waals surface area contributed by atoms with Gasteiger partial charge in [0.05, 0.1) is 23.4 Å². The molecule has 0 aliphatic carbocycles. The highest BCUT2D eigenvalue weighted by Gasteiger charge is 2.22. The number of nitrogens with zero attached hydrogens (tertiary/aromatic N) is 2. The number of ether oxygens (including phenoxy) is 1. The van der Waals surface area contributed by atoms with Crippen LogP contribution in [0.2, 0.25) is 0 Å². The second kappa shape index (κ2) is 9.43. The highest BCUT2D eigenvalue weighted by Crippen LogP contribution is 2.45. The number of hydrogen-bond donors (Lipinski definition) is 0. The largest absolute Gasteiger partial charge is 0.465 e. The monoisotopic (exact) mass is 479 g/mol. The van der Waals surface area contributed by atoms with Crippen LogP contribution in [0.25, 0.3) is 22.6 Å². The predicted octanol–water partition coefficient (Wildman–Crippen LogP) is 6.38. The van der Waals surface area contributed by atoms with E-state index in [1.165, 1.54) is 34.2 Å². The van der Waals surface area contributed by atoms with Crippen LogP contribution >= 0.6 is 11.8 Å². The number of carbonyl (C=O) groups excluding carboxylic acids is 1. The van der Waals surface area contributed by atoms with E-state index >= 15 is 0 Å². The number of fused-ring (bicyclic) bond motifs is 2. The van der Waals surface area contributed by atoms with Gasteiger partial charge < -0.3 is 9.64 Å². The summed E-state index contributed by atoms with van der Waals surface area (Å²) < 4.78 is 7.09. The van der Waals surface area contributed by atoms with Crippen LogP contribution < -0.4 is 9.47 Å². The molecular weight excluding hydrogens is 452 g/mol. The van der Waals surface area contributed by atoms with Gasteiger partial charge >= 0.3 is 5.97 Å². The second-order valence-corrected chi connectivity index (χ2v) is 9.72. The number of anilines is 1. The topological polar surface area (TPSA) is 33.4 Å². The van der Waals surface area contributed by atoms with Crippen molar-refractivity contribution in [2.75, 3.05) is 19.1 Å². The van der Waals surface area contributed by atoms with Crippen molar-refractivity contribution < 1.29 is 14.1 Å². The molecule has 3 aromatic carbocycles. The molecule has 0 saturated carbocycles. The third kappa shape index (κ3) is 4.47. The van der Waals surface area contributed by atoms with Crippen molar-refractivity contribution in [3.8, 4) is 0 Å². The van der Waals surface area contributed by atoms with Gasteiger partial charge in [-0.05, 0) is 60.5 Å². The van der Waals surface area contributed by atoms with Gasteiger partial charge in [0, 0.05) is 35.5 Å². The van der Waals surface area contributed by atoms with Crippen molar-refractivity contribution in [3.05, 3.63) is 112 Å². The Balaban J connectivity index is 1.62. The quantitative estimate of drug-likeness (QED) is 0.251. The second-order valence-electron chi connectivity index (χ2n) is 8.66. The van der Waals surface area contributed by atoms with E-state index in [2.05, 4.69) is 97.2 Å². The summed E-state index contributed by atoms with van der Waals surface area (Å²) >= 11 is 1.76. The Morgan fingerprint density at radius 2 is 1.71 bits per heavy atom. The Morgan fingerprint density at radius 1 is 0.971 bits per heavy atom. The van der Waals surface area contributed by atoms with Crippen molar-refractivity contribution >= 4 is 46.0 Å². The molecule has 0 N–H and O–H groups in total. The van der Waals surface area contributed by atoms with Crippen LogP contribution in [0.3, 0.4) is 0 Å². The number of esters is 1. The number of para-hydroxylation sites is 1. The maximum absolute atomic E-state index is 12.0. The Hall–Kier alpha value is -3.83. The van der Waals surface area contributed by atoms with Gasteiger partial charge in [0.15, 0.2) is 0 Å². The number of benzene rings is 3. The molecule has 1 aromatic heterocycles. The molecule has 0 radical (unpaired) electrons. The fourth-order valence-electron chi connectivity index (χ4n) is 4.35. The number of aromatic nitrogens is 1. The lowest BCUT2D eigenvalue weighted by Crippen LogP contribution is -2.32. The van der Waals surface area contributed by atoms with Crippen LogP contribution in [-0.4, -0.2) is 20.1 Å². The normalized spacial score (nSPS) is 14.5. The lowest BCUT2D eigenvalue weighted by molar-refractivity contribution is -0.646. The van der Waals surface area contributed by atoms with Crippen LogP contribution in [0.15, 0.2) is 94.9 Å². The smallest absolute Gasteiger partial charge is 0.337 e. The summed E-state index contributed by atoms with van der Waals surface area (Å²) in [5, 5.41) is 2.36. The molecule has 35 heavy (non-hydrogen) atoms. The summed E-state index contributed by atoms with van der Waals surface area (Å²) in [5.41, 5.74) is 7.35. The molecular formula is C30H27N2O2S+. The fraction of sp³-hybridized carbons (Fsp3) is 0.133. The number of methoxy groups -OCH3 is 1. The molecule has 1 aliphatic rings. The summed E-state index contributed by atoms with van der Waals surface area (Å²) in [4.78, 5) is 15.4. The van der Waals surface area contributed by atoms with Gasteiger partial charge in [0.1, 0.15) is 7.05 Å². The summed E-state index contributed by atoms with van der Waals surface area (Å²) in [5.74, 6) is -0.335. The van der Waals surface area contributed by atoms with Crippen molar-refractivity contribution in [2.24, 2.45) is 7.05 Å². The zero-order chi connectivity index (χ0) is 24.5. The van der Waals surface area contributed by atoms with E-state index in [4.69, 9.17) is 4.74 Å². The third-order valence-electron chi connectivity index (χ3n) is 6.36. The van der Waals surface area contributed by atoms with Crippen LogP contribution in [-0.2, 0) is 11.8 Å². The maximum Gasteiger partial charge on any atom is 0.337 e. The van der Waals surface area contributed by atoms with E-state index in [9.17, 15) is 4.79 Å². The van der Waals surface area contributed by atoms with E-state index in [1.54, 1.807) is 11.8 Å². The molecule has 0 spiro atoms. The van der Waals surface area contributed by atoms with Crippen LogP contribution in [0.5, 0.6) is 0 Å². The van der Waals surface area contributed by atoms with Gasteiger partial charge in [-0.25, -0.2) is 4.79 Å². The van der Waals surface area contributed by atoms with Crippen LogP contribution in [0.1, 0.15) is 27.2 Å². The van der Waals surface area contributed by atoms with Crippen molar-refractivity contribution in [3.63, 3.8) is 0 Å². The fourth-order valence-corrected chi connectivity index (χ4v) is 5.45. The number of rotatable bonds is 4. The lowest BCUT2D eigenvalue weighted by Gasteiger charge is -2.14. The number of carbonyl (C=O) groups is 1. The number of allylic oxidation sites excluding steroid dienone is 2. The maximum atomic E-state index is 12.0. The molecule has 0 bridgehead atoms. The molecule has 5 heteroatoms. The minimum Gasteiger partial charge on any atom is -0.465 e. The van der Waals surface area contributed by atoms with E-state index in [0.29, 0.717) is 5.56 Å². The summed E-state index contributed by atoms with van der Waals surface area (Å²) in [6.45, 7) is 2.11. The van der Waals surface area contributed by atoms with E-state index < -0.39 is 0 Å². The molecule has 0 fully saturated rings. The van der Waals surface area contributed by atoms with Gasteiger partial charge in [-0.15, -0.1) is 0 Å².